The molecule has 43 heavy (non-hydrogen) atoms. The number of anilines is 1. The molecule has 2 amide bonds. The molecule has 2 heterocycles. The lowest BCUT2D eigenvalue weighted by Gasteiger charge is -2.29. The lowest BCUT2D eigenvalue weighted by atomic mass is 9.82. The van der Waals surface area contributed by atoms with Crippen LogP contribution in [0.2, 0.25) is 0 Å². The predicted molar refractivity (Wildman–Crippen MR) is 167 cm³/mol. The van der Waals surface area contributed by atoms with E-state index in [1.165, 1.54) is 30.9 Å². The predicted octanol–water partition coefficient (Wildman–Crippen LogP) is 7.27. The number of aliphatic carboxylic acids is 1. The summed E-state index contributed by atoms with van der Waals surface area (Å²) in [5.41, 5.74) is 5.33. The van der Waals surface area contributed by atoms with Gasteiger partial charge in [-0.2, -0.15) is 0 Å². The number of carboxylic acid groups (broad SMARTS) is 1. The van der Waals surface area contributed by atoms with Crippen molar-refractivity contribution in [2.75, 3.05) is 5.32 Å². The summed E-state index contributed by atoms with van der Waals surface area (Å²) in [7, 11) is 2.05. The minimum Gasteiger partial charge on any atom is -0.478 e. The van der Waals surface area contributed by atoms with Crippen LogP contribution in [0.4, 0.5) is 5.69 Å². The SMILES string of the molecule is Cn1c(-c2ccoc2)c(C2CCCCC2)c2ccc(C(=O)NC3(C(=O)Nc4ccc(/C=C/C(=O)O)cc4)CCCC3)cc21. The van der Waals surface area contributed by atoms with Crippen molar-refractivity contribution >= 4 is 40.4 Å². The average molecular weight is 580 g/mol. The van der Waals surface area contributed by atoms with E-state index in [1.807, 2.05) is 25.2 Å². The zero-order chi connectivity index (χ0) is 30.0. The van der Waals surface area contributed by atoms with E-state index in [0.29, 0.717) is 35.6 Å². The molecular formula is C35H37N3O5. The van der Waals surface area contributed by atoms with Crippen LogP contribution in [0.1, 0.15) is 85.2 Å². The molecule has 222 valence electrons. The number of nitrogens with one attached hydrogen (secondary N) is 2. The van der Waals surface area contributed by atoms with Crippen LogP contribution >= 0.6 is 0 Å². The fourth-order valence-electron chi connectivity index (χ4n) is 6.93. The first-order valence-electron chi connectivity index (χ1n) is 15.1. The number of carbonyl (C=O) groups excluding carboxylic acids is 2. The van der Waals surface area contributed by atoms with Gasteiger partial charge >= 0.3 is 5.97 Å². The number of aryl methyl sites for hydroxylation is 1. The van der Waals surface area contributed by atoms with Crippen LogP contribution in [0.25, 0.3) is 28.2 Å². The van der Waals surface area contributed by atoms with Crippen molar-refractivity contribution in [3.05, 3.63) is 83.8 Å². The number of aromatic nitrogens is 1. The van der Waals surface area contributed by atoms with Crippen molar-refractivity contribution < 1.29 is 23.9 Å². The van der Waals surface area contributed by atoms with E-state index in [9.17, 15) is 14.4 Å². The van der Waals surface area contributed by atoms with Crippen LogP contribution in [-0.2, 0) is 16.6 Å². The van der Waals surface area contributed by atoms with Crippen LogP contribution < -0.4 is 10.6 Å². The minimum absolute atomic E-state index is 0.242. The minimum atomic E-state index is -1.02. The van der Waals surface area contributed by atoms with Gasteiger partial charge in [-0.3, -0.25) is 9.59 Å². The molecule has 2 aliphatic carbocycles. The van der Waals surface area contributed by atoms with Crippen molar-refractivity contribution in [1.29, 1.82) is 0 Å². The highest BCUT2D eigenvalue weighted by molar-refractivity contribution is 6.06. The summed E-state index contributed by atoms with van der Waals surface area (Å²) >= 11 is 0. The van der Waals surface area contributed by atoms with E-state index in [1.54, 1.807) is 36.8 Å². The van der Waals surface area contributed by atoms with E-state index in [0.717, 1.165) is 53.9 Å². The van der Waals surface area contributed by atoms with Gasteiger partial charge in [0.05, 0.1) is 18.2 Å². The molecule has 8 heteroatoms. The quantitative estimate of drug-likeness (QED) is 0.190. The van der Waals surface area contributed by atoms with E-state index >= 15 is 0 Å². The molecular weight excluding hydrogens is 542 g/mol. The van der Waals surface area contributed by atoms with Gasteiger partial charge in [0.15, 0.2) is 0 Å². The molecule has 0 spiro atoms. The monoisotopic (exact) mass is 579 g/mol. The number of fused-ring (bicyclic) bond motifs is 1. The van der Waals surface area contributed by atoms with Gasteiger partial charge in [-0.25, -0.2) is 4.79 Å². The van der Waals surface area contributed by atoms with Crippen molar-refractivity contribution in [1.82, 2.24) is 9.88 Å². The van der Waals surface area contributed by atoms with Gasteiger partial charge < -0.3 is 24.7 Å². The molecule has 3 N–H and O–H groups in total. The Labute approximate surface area is 250 Å². The molecule has 2 aliphatic rings. The molecule has 2 aromatic carbocycles. The van der Waals surface area contributed by atoms with E-state index in [-0.39, 0.29) is 11.8 Å². The maximum Gasteiger partial charge on any atom is 0.328 e. The normalized spacial score (nSPS) is 17.0. The summed E-state index contributed by atoms with van der Waals surface area (Å²) in [6, 6.07) is 14.8. The van der Waals surface area contributed by atoms with Crippen LogP contribution in [-0.4, -0.2) is 33.0 Å². The number of nitrogens with zero attached hydrogens (tertiary/aromatic N) is 1. The molecule has 8 nitrogen and oxygen atoms in total. The van der Waals surface area contributed by atoms with Crippen molar-refractivity contribution in [3.63, 3.8) is 0 Å². The average Bonchev–Trinajstić information content (AvgIpc) is 3.78. The number of rotatable bonds is 8. The maximum atomic E-state index is 13.7. The molecule has 0 aliphatic heterocycles. The molecule has 4 aromatic rings. The summed E-state index contributed by atoms with van der Waals surface area (Å²) in [6.45, 7) is 0. The second-order valence-electron chi connectivity index (χ2n) is 11.9. The van der Waals surface area contributed by atoms with Gasteiger partial charge in [-0.1, -0.05) is 50.3 Å². The third-order valence-corrected chi connectivity index (χ3v) is 9.14. The van der Waals surface area contributed by atoms with Gasteiger partial charge in [0.2, 0.25) is 5.91 Å². The third-order valence-electron chi connectivity index (χ3n) is 9.14. The Morgan fingerprint density at radius 2 is 1.72 bits per heavy atom. The van der Waals surface area contributed by atoms with Crippen LogP contribution in [0.15, 0.2) is 71.6 Å². The second-order valence-corrected chi connectivity index (χ2v) is 11.9. The highest BCUT2D eigenvalue weighted by Gasteiger charge is 2.42. The molecule has 0 unspecified atom stereocenters. The fourth-order valence-corrected chi connectivity index (χ4v) is 6.93. The van der Waals surface area contributed by atoms with E-state index < -0.39 is 11.5 Å². The highest BCUT2D eigenvalue weighted by atomic mass is 16.4. The van der Waals surface area contributed by atoms with Gasteiger partial charge in [0.25, 0.3) is 5.91 Å². The number of carbonyl (C=O) groups is 3. The molecule has 2 aromatic heterocycles. The topological polar surface area (TPSA) is 114 Å². The summed E-state index contributed by atoms with van der Waals surface area (Å²) in [5.74, 6) is -1.06. The molecule has 0 bridgehead atoms. The van der Waals surface area contributed by atoms with Gasteiger partial charge in [-0.05, 0) is 79.1 Å². The number of carboxylic acids is 1. The number of hydrogen-bond acceptors (Lipinski definition) is 4. The molecule has 2 saturated carbocycles. The van der Waals surface area contributed by atoms with Crippen molar-refractivity contribution in [2.24, 2.45) is 7.05 Å². The zero-order valence-corrected chi connectivity index (χ0v) is 24.4. The van der Waals surface area contributed by atoms with Crippen LogP contribution in [0.3, 0.4) is 0 Å². The first-order valence-corrected chi connectivity index (χ1v) is 15.1. The number of benzene rings is 2. The number of furan rings is 1. The Morgan fingerprint density at radius 1 is 0.977 bits per heavy atom. The Kier molecular flexibility index (Phi) is 7.93. The Hall–Kier alpha value is -4.59. The lowest BCUT2D eigenvalue weighted by molar-refractivity contribution is -0.131. The highest BCUT2D eigenvalue weighted by Crippen LogP contribution is 2.44. The Bertz CT molecular complexity index is 1670. The van der Waals surface area contributed by atoms with Crippen molar-refractivity contribution in [3.8, 4) is 11.3 Å². The largest absolute Gasteiger partial charge is 0.478 e. The Balaban J connectivity index is 1.26. The third kappa shape index (κ3) is 5.74. The summed E-state index contributed by atoms with van der Waals surface area (Å²) in [6.07, 6.45) is 14.9. The molecule has 6 rings (SSSR count). The fraction of sp³-hybridized carbons (Fsp3) is 0.343. The van der Waals surface area contributed by atoms with Crippen LogP contribution in [0, 0.1) is 0 Å². The number of hydrogen-bond donors (Lipinski definition) is 3. The second kappa shape index (κ2) is 12.0. The number of amides is 2. The van der Waals surface area contributed by atoms with Crippen LogP contribution in [0.5, 0.6) is 0 Å². The van der Waals surface area contributed by atoms with E-state index in [4.69, 9.17) is 9.52 Å². The van der Waals surface area contributed by atoms with E-state index in [2.05, 4.69) is 21.3 Å². The smallest absolute Gasteiger partial charge is 0.328 e. The summed E-state index contributed by atoms with van der Waals surface area (Å²) in [4.78, 5) is 38.1. The van der Waals surface area contributed by atoms with Crippen molar-refractivity contribution in [2.45, 2.75) is 69.2 Å². The first kappa shape index (κ1) is 28.5. The standard InChI is InChI=1S/C35H37N3O5/c1-38-29-21-25(12-15-28(29)31(24-7-3-2-4-8-24)32(38)26-17-20-43-22-26)33(41)37-35(18-5-6-19-35)34(42)36-27-13-9-23(10-14-27)11-16-30(39)40/h9-17,20-22,24H,2-8,18-19H2,1H3,(H,36,42)(H,37,41)(H,39,40)/b16-11+. The Morgan fingerprint density at radius 3 is 2.40 bits per heavy atom. The zero-order valence-electron chi connectivity index (χ0n) is 24.4. The van der Waals surface area contributed by atoms with Gasteiger partial charge in [0.1, 0.15) is 5.54 Å². The maximum absolute atomic E-state index is 13.7. The molecule has 0 radical (unpaired) electrons. The molecule has 0 saturated heterocycles. The lowest BCUT2D eigenvalue weighted by Crippen LogP contribution is -2.55. The van der Waals surface area contributed by atoms with Gasteiger partial charge in [0, 0.05) is 40.8 Å². The molecule has 2 fully saturated rings. The summed E-state index contributed by atoms with van der Waals surface area (Å²) in [5, 5.41) is 16.1. The summed E-state index contributed by atoms with van der Waals surface area (Å²) < 4.78 is 7.64. The molecule has 0 atom stereocenters. The first-order chi connectivity index (χ1) is 20.8. The van der Waals surface area contributed by atoms with Gasteiger partial charge in [-0.15, -0.1) is 0 Å².